The number of amides is 1. The number of carbonyl (C=O) groups excluding carboxylic acids is 1. The number of carbonyl (C=O) groups is 1. The molecule has 2 N–H and O–H groups in total. The summed E-state index contributed by atoms with van der Waals surface area (Å²) < 4.78 is 11.1. The second kappa shape index (κ2) is 9.35. The molecule has 0 radical (unpaired) electrons. The quantitative estimate of drug-likeness (QED) is 0.376. The number of hydrogen-bond acceptors (Lipinski definition) is 6. The second-order valence-electron chi connectivity index (χ2n) is 7.46. The van der Waals surface area contributed by atoms with Gasteiger partial charge in [0.15, 0.2) is 0 Å². The molecule has 0 atom stereocenters. The summed E-state index contributed by atoms with van der Waals surface area (Å²) in [7, 11) is 0. The van der Waals surface area contributed by atoms with E-state index in [1.807, 2.05) is 54.7 Å². The van der Waals surface area contributed by atoms with Gasteiger partial charge in [-0.2, -0.15) is 4.98 Å². The molecule has 2 aromatic carbocycles. The minimum Gasteiger partial charge on any atom is -0.489 e. The highest BCUT2D eigenvalue weighted by atomic mass is 16.5. The van der Waals surface area contributed by atoms with E-state index in [-0.39, 0.29) is 5.89 Å². The van der Waals surface area contributed by atoms with Crippen molar-refractivity contribution in [3.63, 3.8) is 0 Å². The maximum Gasteiger partial charge on any atom is 0.316 e. The van der Waals surface area contributed by atoms with E-state index in [2.05, 4.69) is 25.4 Å². The average Bonchev–Trinajstić information content (AvgIpc) is 3.52. The molecule has 5 rings (SSSR count). The van der Waals surface area contributed by atoms with Gasteiger partial charge in [0.1, 0.15) is 12.4 Å². The zero-order valence-electron chi connectivity index (χ0n) is 17.7. The average molecular weight is 439 g/mol. The van der Waals surface area contributed by atoms with Gasteiger partial charge in [-0.1, -0.05) is 35.5 Å². The smallest absolute Gasteiger partial charge is 0.316 e. The predicted molar refractivity (Wildman–Crippen MR) is 123 cm³/mol. The van der Waals surface area contributed by atoms with Gasteiger partial charge in [0.25, 0.3) is 0 Å². The van der Waals surface area contributed by atoms with E-state index in [1.54, 1.807) is 24.5 Å². The first-order valence-corrected chi connectivity index (χ1v) is 10.6. The van der Waals surface area contributed by atoms with Crippen LogP contribution in [0.1, 0.15) is 21.8 Å². The molecule has 0 saturated heterocycles. The van der Waals surface area contributed by atoms with E-state index in [0.717, 1.165) is 33.3 Å². The first kappa shape index (κ1) is 20.4. The Labute approximate surface area is 189 Å². The Balaban J connectivity index is 1.20. The lowest BCUT2D eigenvalue weighted by Crippen LogP contribution is -2.25. The fourth-order valence-corrected chi connectivity index (χ4v) is 3.52. The van der Waals surface area contributed by atoms with Crippen LogP contribution in [0.2, 0.25) is 0 Å². The second-order valence-corrected chi connectivity index (χ2v) is 7.46. The summed E-state index contributed by atoms with van der Waals surface area (Å²) in [6.07, 6.45) is 5.85. The number of fused-ring (bicyclic) bond motifs is 1. The third kappa shape index (κ3) is 4.74. The molecule has 33 heavy (non-hydrogen) atoms. The molecule has 0 aliphatic heterocycles. The molecule has 3 heterocycles. The molecular weight excluding hydrogens is 418 g/mol. The standard InChI is InChI=1S/C25H21N5O3/c31-24(25-29-23(30-33-25)18-8-11-26-12-9-18)27-13-10-19-15-28-22-7-6-20(14-21(19)22)32-16-17-4-2-1-3-5-17/h1-9,11-12,14-15,28H,10,13,16H2,(H,27,31). The fourth-order valence-electron chi connectivity index (χ4n) is 3.52. The zero-order valence-corrected chi connectivity index (χ0v) is 17.7. The molecule has 0 aliphatic carbocycles. The molecule has 0 saturated carbocycles. The SMILES string of the molecule is O=C(NCCc1c[nH]c2ccc(OCc3ccccc3)cc12)c1nc(-c2ccncc2)no1. The lowest BCUT2D eigenvalue weighted by atomic mass is 10.1. The topological polar surface area (TPSA) is 106 Å². The number of hydrogen-bond donors (Lipinski definition) is 2. The Morgan fingerprint density at radius 2 is 1.91 bits per heavy atom. The molecule has 5 aromatic rings. The molecule has 0 bridgehead atoms. The van der Waals surface area contributed by atoms with Crippen molar-refractivity contribution in [2.45, 2.75) is 13.0 Å². The maximum absolute atomic E-state index is 12.4. The van der Waals surface area contributed by atoms with E-state index >= 15 is 0 Å². The highest BCUT2D eigenvalue weighted by Gasteiger charge is 2.16. The normalized spacial score (nSPS) is 10.9. The van der Waals surface area contributed by atoms with E-state index in [0.29, 0.717) is 25.4 Å². The molecule has 8 nitrogen and oxygen atoms in total. The third-order valence-electron chi connectivity index (χ3n) is 5.23. The fraction of sp³-hybridized carbons (Fsp3) is 0.120. The van der Waals surface area contributed by atoms with Gasteiger partial charge in [0.05, 0.1) is 0 Å². The van der Waals surface area contributed by atoms with Crippen LogP contribution >= 0.6 is 0 Å². The summed E-state index contributed by atoms with van der Waals surface area (Å²) in [6, 6.07) is 19.5. The van der Waals surface area contributed by atoms with Crippen LogP contribution in [-0.4, -0.2) is 32.6 Å². The highest BCUT2D eigenvalue weighted by Crippen LogP contribution is 2.25. The van der Waals surface area contributed by atoms with Crippen molar-refractivity contribution in [2.75, 3.05) is 6.54 Å². The van der Waals surface area contributed by atoms with Crippen molar-refractivity contribution in [1.29, 1.82) is 0 Å². The van der Waals surface area contributed by atoms with Crippen LogP contribution in [0.4, 0.5) is 0 Å². The van der Waals surface area contributed by atoms with Crippen molar-refractivity contribution in [3.8, 4) is 17.1 Å². The van der Waals surface area contributed by atoms with Gasteiger partial charge in [-0.3, -0.25) is 9.78 Å². The molecule has 164 valence electrons. The van der Waals surface area contributed by atoms with Crippen molar-refractivity contribution >= 4 is 16.8 Å². The van der Waals surface area contributed by atoms with Gasteiger partial charge in [0, 0.05) is 41.6 Å². The van der Waals surface area contributed by atoms with Crippen molar-refractivity contribution in [1.82, 2.24) is 25.4 Å². The van der Waals surface area contributed by atoms with Crippen LogP contribution in [0.5, 0.6) is 5.75 Å². The summed E-state index contributed by atoms with van der Waals surface area (Å²) in [6.45, 7) is 0.932. The first-order valence-electron chi connectivity index (χ1n) is 10.6. The van der Waals surface area contributed by atoms with Crippen molar-refractivity contribution < 1.29 is 14.1 Å². The van der Waals surface area contributed by atoms with E-state index in [4.69, 9.17) is 9.26 Å². The lowest BCUT2D eigenvalue weighted by molar-refractivity contribution is 0.0910. The van der Waals surface area contributed by atoms with E-state index in [9.17, 15) is 4.79 Å². The molecule has 8 heteroatoms. The molecule has 0 fully saturated rings. The van der Waals surface area contributed by atoms with E-state index < -0.39 is 5.91 Å². The number of pyridine rings is 1. The summed E-state index contributed by atoms with van der Waals surface area (Å²) in [5.74, 6) is 0.666. The van der Waals surface area contributed by atoms with Gasteiger partial charge >= 0.3 is 11.8 Å². The number of nitrogens with zero attached hydrogens (tertiary/aromatic N) is 3. The Kier molecular flexibility index (Phi) is 5.79. The number of benzene rings is 2. The van der Waals surface area contributed by atoms with Gasteiger partial charge in [0.2, 0.25) is 5.82 Å². The lowest BCUT2D eigenvalue weighted by Gasteiger charge is -2.07. The Morgan fingerprint density at radius 3 is 2.76 bits per heavy atom. The van der Waals surface area contributed by atoms with Crippen molar-refractivity contribution in [2.24, 2.45) is 0 Å². The molecule has 3 aromatic heterocycles. The third-order valence-corrected chi connectivity index (χ3v) is 5.23. The Hall–Kier alpha value is -4.46. The minimum atomic E-state index is -0.408. The van der Waals surface area contributed by atoms with Crippen LogP contribution in [0.3, 0.4) is 0 Å². The molecule has 1 amide bonds. The van der Waals surface area contributed by atoms with Crippen LogP contribution < -0.4 is 10.1 Å². The van der Waals surface area contributed by atoms with Gasteiger partial charge in [-0.25, -0.2) is 0 Å². The van der Waals surface area contributed by atoms with Crippen LogP contribution in [0, 0.1) is 0 Å². The molecule has 0 aliphatic rings. The number of H-pyrrole nitrogens is 1. The maximum atomic E-state index is 12.4. The van der Waals surface area contributed by atoms with E-state index in [1.165, 1.54) is 0 Å². The highest BCUT2D eigenvalue weighted by molar-refractivity contribution is 5.90. The van der Waals surface area contributed by atoms with Crippen LogP contribution in [-0.2, 0) is 13.0 Å². The van der Waals surface area contributed by atoms with Crippen LogP contribution in [0.15, 0.2) is 83.8 Å². The minimum absolute atomic E-state index is 0.0719. The number of aromatic nitrogens is 4. The first-order chi connectivity index (χ1) is 16.3. The zero-order chi connectivity index (χ0) is 22.5. The molecule has 0 unspecified atom stereocenters. The Bertz CT molecular complexity index is 1360. The van der Waals surface area contributed by atoms with Gasteiger partial charge in [-0.15, -0.1) is 0 Å². The number of aromatic amines is 1. The summed E-state index contributed by atoms with van der Waals surface area (Å²) in [5.41, 5.74) is 3.94. The number of rotatable bonds is 8. The van der Waals surface area contributed by atoms with Crippen LogP contribution in [0.25, 0.3) is 22.3 Å². The predicted octanol–water partition coefficient (Wildman–Crippen LogP) is 4.16. The Morgan fingerprint density at radius 1 is 1.06 bits per heavy atom. The summed E-state index contributed by atoms with van der Waals surface area (Å²) in [4.78, 5) is 23.8. The monoisotopic (exact) mass is 439 g/mol. The van der Waals surface area contributed by atoms with Gasteiger partial charge in [-0.05, 0) is 47.9 Å². The summed E-state index contributed by atoms with van der Waals surface area (Å²) >= 11 is 0. The largest absolute Gasteiger partial charge is 0.489 e. The molecular formula is C25H21N5O3. The summed E-state index contributed by atoms with van der Waals surface area (Å²) in [5, 5.41) is 7.76. The van der Waals surface area contributed by atoms with Crippen molar-refractivity contribution in [3.05, 3.63) is 96.3 Å². The number of nitrogens with one attached hydrogen (secondary N) is 2. The number of ether oxygens (including phenoxy) is 1. The molecule has 0 spiro atoms. The van der Waals surface area contributed by atoms with Gasteiger partial charge < -0.3 is 19.6 Å².